The fourth-order valence-corrected chi connectivity index (χ4v) is 2.30. The van der Waals surface area contributed by atoms with Gasteiger partial charge < -0.3 is 10.3 Å². The van der Waals surface area contributed by atoms with E-state index in [1.165, 1.54) is 0 Å². The number of aromatic nitrogens is 1. The third-order valence-electron chi connectivity index (χ3n) is 3.74. The van der Waals surface area contributed by atoms with Crippen LogP contribution in [0, 0.1) is 0 Å². The summed E-state index contributed by atoms with van der Waals surface area (Å²) in [6, 6.07) is 8.51. The Morgan fingerprint density at radius 3 is 2.78 bits per heavy atom. The van der Waals surface area contributed by atoms with Gasteiger partial charge in [-0.25, -0.2) is 0 Å². The van der Waals surface area contributed by atoms with E-state index in [0.29, 0.717) is 6.04 Å². The van der Waals surface area contributed by atoms with Gasteiger partial charge in [0.2, 0.25) is 5.91 Å². The van der Waals surface area contributed by atoms with E-state index in [4.69, 9.17) is 0 Å². The Hall–Kier alpha value is -1.77. The van der Waals surface area contributed by atoms with Crippen LogP contribution in [0.5, 0.6) is 0 Å². The van der Waals surface area contributed by atoms with Crippen LogP contribution in [-0.2, 0) is 10.2 Å². The third kappa shape index (κ3) is 1.80. The lowest BCUT2D eigenvalue weighted by molar-refractivity contribution is -0.125. The number of H-pyrrole nitrogens is 1. The molecule has 1 aromatic carbocycles. The molecule has 1 aliphatic carbocycles. The first-order chi connectivity index (χ1) is 8.59. The summed E-state index contributed by atoms with van der Waals surface area (Å²) in [5.41, 5.74) is 1.65. The SMILES string of the molecule is CC(C)(C(=O)NC1CC1)c1c[nH]c2ccccc12. The van der Waals surface area contributed by atoms with Crippen molar-refractivity contribution in [3.8, 4) is 0 Å². The van der Waals surface area contributed by atoms with Crippen molar-refractivity contribution in [1.29, 1.82) is 0 Å². The van der Waals surface area contributed by atoms with Gasteiger partial charge >= 0.3 is 0 Å². The molecule has 94 valence electrons. The summed E-state index contributed by atoms with van der Waals surface area (Å²) in [6.07, 6.45) is 4.20. The molecule has 18 heavy (non-hydrogen) atoms. The van der Waals surface area contributed by atoms with E-state index in [9.17, 15) is 4.79 Å². The van der Waals surface area contributed by atoms with Crippen molar-refractivity contribution in [2.45, 2.75) is 38.1 Å². The summed E-state index contributed by atoms with van der Waals surface area (Å²) in [5.74, 6) is 0.120. The Balaban J connectivity index is 1.98. The molecule has 0 spiro atoms. The zero-order valence-electron chi connectivity index (χ0n) is 10.8. The van der Waals surface area contributed by atoms with Crippen molar-refractivity contribution < 1.29 is 4.79 Å². The van der Waals surface area contributed by atoms with E-state index >= 15 is 0 Å². The fourth-order valence-electron chi connectivity index (χ4n) is 2.30. The molecule has 3 heteroatoms. The van der Waals surface area contributed by atoms with Gasteiger partial charge in [-0.05, 0) is 38.3 Å². The third-order valence-corrected chi connectivity index (χ3v) is 3.74. The average Bonchev–Trinajstić information content (AvgIpc) is 3.05. The first-order valence-electron chi connectivity index (χ1n) is 6.46. The molecule has 0 radical (unpaired) electrons. The lowest BCUT2D eigenvalue weighted by atomic mass is 9.83. The highest BCUT2D eigenvalue weighted by Gasteiger charge is 2.35. The Morgan fingerprint density at radius 2 is 2.06 bits per heavy atom. The minimum Gasteiger partial charge on any atom is -0.361 e. The number of hydrogen-bond donors (Lipinski definition) is 2. The second-order valence-electron chi connectivity index (χ2n) is 5.62. The van der Waals surface area contributed by atoms with Crippen LogP contribution in [0.4, 0.5) is 0 Å². The summed E-state index contributed by atoms with van der Waals surface area (Å²) in [6.45, 7) is 3.97. The normalized spacial score (nSPS) is 15.9. The summed E-state index contributed by atoms with van der Waals surface area (Å²) < 4.78 is 0. The van der Waals surface area contributed by atoms with Gasteiger partial charge in [0.05, 0.1) is 5.41 Å². The molecule has 1 heterocycles. The molecule has 2 N–H and O–H groups in total. The summed E-state index contributed by atoms with van der Waals surface area (Å²) >= 11 is 0. The number of benzene rings is 1. The maximum atomic E-state index is 12.3. The van der Waals surface area contributed by atoms with E-state index in [2.05, 4.69) is 16.4 Å². The number of nitrogens with one attached hydrogen (secondary N) is 2. The van der Waals surface area contributed by atoms with Gasteiger partial charge in [0.25, 0.3) is 0 Å². The van der Waals surface area contributed by atoms with Gasteiger partial charge in [-0.1, -0.05) is 18.2 Å². The van der Waals surface area contributed by atoms with Crippen molar-refractivity contribution in [2.75, 3.05) is 0 Å². The van der Waals surface area contributed by atoms with E-state index < -0.39 is 5.41 Å². The number of amides is 1. The number of rotatable bonds is 3. The molecule has 0 saturated heterocycles. The number of carbonyl (C=O) groups excluding carboxylic acids is 1. The summed E-state index contributed by atoms with van der Waals surface area (Å²) in [7, 11) is 0. The first-order valence-corrected chi connectivity index (χ1v) is 6.46. The molecular weight excluding hydrogens is 224 g/mol. The standard InChI is InChI=1S/C15H18N2O/c1-15(2,14(18)17-10-7-8-10)12-9-16-13-6-4-3-5-11(12)13/h3-6,9-10,16H,7-8H2,1-2H3,(H,17,18). The van der Waals surface area contributed by atoms with Crippen LogP contribution >= 0.6 is 0 Å². The Labute approximate surface area is 107 Å². The van der Waals surface area contributed by atoms with Gasteiger partial charge in [0, 0.05) is 23.1 Å². The smallest absolute Gasteiger partial charge is 0.230 e. The topological polar surface area (TPSA) is 44.9 Å². The van der Waals surface area contributed by atoms with Crippen molar-refractivity contribution >= 4 is 16.8 Å². The molecule has 1 saturated carbocycles. The average molecular weight is 242 g/mol. The van der Waals surface area contributed by atoms with Crippen LogP contribution in [0.2, 0.25) is 0 Å². The number of hydrogen-bond acceptors (Lipinski definition) is 1. The number of para-hydroxylation sites is 1. The van der Waals surface area contributed by atoms with Gasteiger partial charge in [-0.2, -0.15) is 0 Å². The van der Waals surface area contributed by atoms with Crippen molar-refractivity contribution in [3.05, 3.63) is 36.0 Å². The summed E-state index contributed by atoms with van der Waals surface area (Å²) in [5, 5.41) is 4.23. The Kier molecular flexibility index (Phi) is 2.44. The molecule has 1 aromatic heterocycles. The highest BCUT2D eigenvalue weighted by atomic mass is 16.2. The van der Waals surface area contributed by atoms with E-state index in [-0.39, 0.29) is 5.91 Å². The zero-order valence-corrected chi connectivity index (χ0v) is 10.8. The van der Waals surface area contributed by atoms with Crippen molar-refractivity contribution in [1.82, 2.24) is 10.3 Å². The van der Waals surface area contributed by atoms with E-state index in [0.717, 1.165) is 29.3 Å². The predicted molar refractivity (Wildman–Crippen MR) is 72.5 cm³/mol. The number of fused-ring (bicyclic) bond motifs is 1. The van der Waals surface area contributed by atoms with Gasteiger partial charge in [0.1, 0.15) is 0 Å². The predicted octanol–water partition coefficient (Wildman–Crippen LogP) is 2.72. The Bertz CT molecular complexity index is 593. The molecule has 2 aromatic rings. The quantitative estimate of drug-likeness (QED) is 0.854. The largest absolute Gasteiger partial charge is 0.361 e. The monoisotopic (exact) mass is 242 g/mol. The Morgan fingerprint density at radius 1 is 1.33 bits per heavy atom. The molecule has 1 amide bonds. The molecular formula is C15H18N2O. The van der Waals surface area contributed by atoms with Crippen LogP contribution in [0.3, 0.4) is 0 Å². The lowest BCUT2D eigenvalue weighted by Gasteiger charge is -2.23. The summed E-state index contributed by atoms with van der Waals surface area (Å²) in [4.78, 5) is 15.6. The number of carbonyl (C=O) groups is 1. The van der Waals surface area contributed by atoms with Crippen molar-refractivity contribution in [3.63, 3.8) is 0 Å². The molecule has 1 aliphatic rings. The fraction of sp³-hybridized carbons (Fsp3) is 0.400. The maximum Gasteiger partial charge on any atom is 0.230 e. The van der Waals surface area contributed by atoms with E-state index in [1.807, 2.05) is 38.2 Å². The molecule has 0 unspecified atom stereocenters. The number of aromatic amines is 1. The van der Waals surface area contributed by atoms with Gasteiger partial charge in [-0.15, -0.1) is 0 Å². The minimum absolute atomic E-state index is 0.120. The van der Waals surface area contributed by atoms with Crippen molar-refractivity contribution in [2.24, 2.45) is 0 Å². The van der Waals surface area contributed by atoms with Crippen LogP contribution in [0.25, 0.3) is 10.9 Å². The maximum absolute atomic E-state index is 12.3. The minimum atomic E-state index is -0.498. The van der Waals surface area contributed by atoms with Crippen LogP contribution < -0.4 is 5.32 Å². The second kappa shape index (κ2) is 3.87. The van der Waals surface area contributed by atoms with Crippen LogP contribution in [-0.4, -0.2) is 16.9 Å². The van der Waals surface area contributed by atoms with Crippen LogP contribution in [0.15, 0.2) is 30.5 Å². The zero-order chi connectivity index (χ0) is 12.8. The lowest BCUT2D eigenvalue weighted by Crippen LogP contribution is -2.41. The highest BCUT2D eigenvalue weighted by molar-refractivity contribution is 5.94. The highest BCUT2D eigenvalue weighted by Crippen LogP contribution is 2.31. The molecule has 1 fully saturated rings. The van der Waals surface area contributed by atoms with Gasteiger partial charge in [-0.3, -0.25) is 4.79 Å². The van der Waals surface area contributed by atoms with Crippen LogP contribution in [0.1, 0.15) is 32.3 Å². The van der Waals surface area contributed by atoms with E-state index in [1.54, 1.807) is 0 Å². The molecule has 3 nitrogen and oxygen atoms in total. The molecule has 0 aliphatic heterocycles. The van der Waals surface area contributed by atoms with Gasteiger partial charge in [0.15, 0.2) is 0 Å². The molecule has 3 rings (SSSR count). The second-order valence-corrected chi connectivity index (χ2v) is 5.62. The molecule has 0 atom stereocenters. The molecule has 0 bridgehead atoms. The first kappa shape index (κ1) is 11.3.